The van der Waals surface area contributed by atoms with E-state index in [1.165, 1.54) is 6.08 Å². The number of carbonyl (C=O) groups is 3. The predicted molar refractivity (Wildman–Crippen MR) is 153 cm³/mol. The van der Waals surface area contributed by atoms with Gasteiger partial charge in [-0.1, -0.05) is 37.8 Å². The van der Waals surface area contributed by atoms with Crippen LogP contribution >= 0.6 is 0 Å². The molecule has 9 nitrogen and oxygen atoms in total. The maximum atomic E-state index is 13.2. The van der Waals surface area contributed by atoms with Crippen molar-refractivity contribution in [1.82, 2.24) is 9.88 Å². The smallest absolute Gasteiger partial charge is 0.271 e. The molecule has 0 radical (unpaired) electrons. The number of nitrogens with one attached hydrogen (secondary N) is 3. The van der Waals surface area contributed by atoms with Gasteiger partial charge in [-0.25, -0.2) is 0 Å². The van der Waals surface area contributed by atoms with Crippen LogP contribution in [0.5, 0.6) is 0 Å². The molecule has 0 bridgehead atoms. The van der Waals surface area contributed by atoms with E-state index < -0.39 is 5.91 Å². The summed E-state index contributed by atoms with van der Waals surface area (Å²) in [7, 11) is 0. The normalized spacial score (nSPS) is 17.4. The molecule has 1 unspecified atom stereocenters. The van der Waals surface area contributed by atoms with E-state index in [4.69, 9.17) is 10.7 Å². The lowest BCUT2D eigenvalue weighted by molar-refractivity contribution is -0.113. The van der Waals surface area contributed by atoms with Crippen LogP contribution in [0.1, 0.15) is 28.5 Å². The zero-order chi connectivity index (χ0) is 27.9. The molecule has 1 aliphatic rings. The number of H-pyrrole nitrogens is 1. The van der Waals surface area contributed by atoms with Crippen molar-refractivity contribution in [2.45, 2.75) is 20.4 Å². The quantitative estimate of drug-likeness (QED) is 0.347. The van der Waals surface area contributed by atoms with Gasteiger partial charge in [0.1, 0.15) is 11.4 Å². The lowest BCUT2D eigenvalue weighted by atomic mass is 9.90. The molecule has 2 heterocycles. The van der Waals surface area contributed by atoms with Crippen molar-refractivity contribution >= 4 is 34.8 Å². The molecule has 1 atom stereocenters. The molecule has 39 heavy (non-hydrogen) atoms. The summed E-state index contributed by atoms with van der Waals surface area (Å²) < 4.78 is 0. The third kappa shape index (κ3) is 6.70. The zero-order valence-electron chi connectivity index (χ0n) is 22.0. The van der Waals surface area contributed by atoms with Crippen LogP contribution in [0.2, 0.25) is 0 Å². The number of amides is 3. The number of aliphatic imine (C=N–C) groups is 1. The Morgan fingerprint density at radius 2 is 1.85 bits per heavy atom. The minimum Gasteiger partial charge on any atom is -0.394 e. The topological polar surface area (TPSA) is 133 Å². The predicted octanol–water partition coefficient (Wildman–Crippen LogP) is 4.03. The van der Waals surface area contributed by atoms with Crippen molar-refractivity contribution in [2.24, 2.45) is 16.6 Å². The van der Waals surface area contributed by atoms with Crippen LogP contribution in [-0.2, 0) is 16.1 Å². The van der Waals surface area contributed by atoms with E-state index in [0.29, 0.717) is 41.4 Å². The van der Waals surface area contributed by atoms with Crippen molar-refractivity contribution < 1.29 is 14.4 Å². The molecule has 0 aliphatic carbocycles. The molecule has 9 heteroatoms. The van der Waals surface area contributed by atoms with Crippen LogP contribution < -0.4 is 16.4 Å². The number of rotatable bonds is 7. The largest absolute Gasteiger partial charge is 0.394 e. The van der Waals surface area contributed by atoms with Gasteiger partial charge in [0.15, 0.2) is 0 Å². The average Bonchev–Trinajstić information content (AvgIpc) is 3.46. The van der Waals surface area contributed by atoms with Crippen molar-refractivity contribution in [2.75, 3.05) is 23.7 Å². The fourth-order valence-electron chi connectivity index (χ4n) is 4.49. The first-order valence-corrected chi connectivity index (χ1v) is 12.6. The highest BCUT2D eigenvalue weighted by molar-refractivity contribution is 6.13. The number of carbonyl (C=O) groups excluding carboxylic acids is 3. The maximum Gasteiger partial charge on any atom is 0.271 e. The SMILES string of the molecule is C=CC(=O)Nc1cccc(CN=C2C(=C(N)C(=O)Nc3cccc(C)c3)CN(C(=O)c3ccc[nH]3)CC2C)c1. The van der Waals surface area contributed by atoms with E-state index in [1.54, 1.807) is 35.4 Å². The molecule has 0 saturated carbocycles. The molecule has 3 aromatic rings. The van der Waals surface area contributed by atoms with Gasteiger partial charge in [-0.2, -0.15) is 0 Å². The van der Waals surface area contributed by atoms with Crippen LogP contribution in [0.15, 0.2) is 95.8 Å². The fourth-order valence-corrected chi connectivity index (χ4v) is 4.49. The zero-order valence-corrected chi connectivity index (χ0v) is 22.0. The monoisotopic (exact) mass is 524 g/mol. The molecular formula is C30H32N6O3. The van der Waals surface area contributed by atoms with Crippen LogP contribution in [0.4, 0.5) is 11.4 Å². The number of aromatic amines is 1. The van der Waals surface area contributed by atoms with Crippen molar-refractivity contribution in [3.63, 3.8) is 0 Å². The highest BCUT2D eigenvalue weighted by Crippen LogP contribution is 2.24. The molecule has 200 valence electrons. The number of hydrogen-bond donors (Lipinski definition) is 4. The first-order chi connectivity index (χ1) is 18.7. The van der Waals surface area contributed by atoms with Crippen LogP contribution in [-0.4, -0.2) is 46.4 Å². The standard InChI is InChI=1S/C30H32N6O3/c1-4-26(37)34-23-11-6-9-21(15-23)16-33-28-20(3)17-36(30(39)25-12-7-13-32-25)18-24(28)27(31)29(38)35-22-10-5-8-19(2)14-22/h4-15,20,32H,1,16-18,31H2,2-3H3,(H,34,37)(H,35,38). The molecule has 1 fully saturated rings. The molecule has 2 aromatic carbocycles. The summed E-state index contributed by atoms with van der Waals surface area (Å²) >= 11 is 0. The molecule has 3 amide bonds. The van der Waals surface area contributed by atoms with E-state index >= 15 is 0 Å². The number of hydrogen-bond acceptors (Lipinski definition) is 5. The van der Waals surface area contributed by atoms with Crippen molar-refractivity contribution in [1.29, 1.82) is 0 Å². The summed E-state index contributed by atoms with van der Waals surface area (Å²) in [6.07, 6.45) is 2.90. The molecule has 1 aromatic heterocycles. The lowest BCUT2D eigenvalue weighted by Gasteiger charge is -2.34. The molecule has 5 N–H and O–H groups in total. The number of benzene rings is 2. The molecule has 1 saturated heterocycles. The van der Waals surface area contributed by atoms with Crippen LogP contribution in [0.3, 0.4) is 0 Å². The van der Waals surface area contributed by atoms with Gasteiger partial charge in [0.2, 0.25) is 5.91 Å². The summed E-state index contributed by atoms with van der Waals surface area (Å²) in [5, 5.41) is 5.60. The van der Waals surface area contributed by atoms with Gasteiger partial charge in [-0.3, -0.25) is 19.4 Å². The van der Waals surface area contributed by atoms with Gasteiger partial charge in [-0.05, 0) is 60.5 Å². The van der Waals surface area contributed by atoms with Crippen molar-refractivity contribution in [3.05, 3.63) is 108 Å². The Hall–Kier alpha value is -4.92. The Bertz CT molecular complexity index is 1450. The first kappa shape index (κ1) is 27.1. The number of anilines is 2. The third-order valence-corrected chi connectivity index (χ3v) is 6.39. The van der Waals surface area contributed by atoms with Crippen LogP contribution in [0, 0.1) is 12.8 Å². The summed E-state index contributed by atoms with van der Waals surface area (Å²) in [4.78, 5) is 47.6. The Labute approximate surface area is 227 Å². The Morgan fingerprint density at radius 1 is 1.10 bits per heavy atom. The minimum absolute atomic E-state index is 0.0121. The highest BCUT2D eigenvalue weighted by Gasteiger charge is 2.32. The number of likely N-dealkylation sites (tertiary alicyclic amines) is 1. The minimum atomic E-state index is -0.459. The summed E-state index contributed by atoms with van der Waals surface area (Å²) in [5.41, 5.74) is 11.2. The Kier molecular flexibility index (Phi) is 8.40. The average molecular weight is 525 g/mol. The maximum absolute atomic E-state index is 13.2. The Balaban J connectivity index is 1.65. The van der Waals surface area contributed by atoms with E-state index in [2.05, 4.69) is 22.2 Å². The molecular weight excluding hydrogens is 492 g/mol. The molecule has 4 rings (SSSR count). The van der Waals surface area contributed by atoms with Gasteiger partial charge in [0.05, 0.1) is 13.1 Å². The highest BCUT2D eigenvalue weighted by atomic mass is 16.2. The lowest BCUT2D eigenvalue weighted by Crippen LogP contribution is -2.46. The first-order valence-electron chi connectivity index (χ1n) is 12.6. The van der Waals surface area contributed by atoms with Gasteiger partial charge >= 0.3 is 0 Å². The van der Waals surface area contributed by atoms with Crippen LogP contribution in [0.25, 0.3) is 0 Å². The van der Waals surface area contributed by atoms with Crippen molar-refractivity contribution in [3.8, 4) is 0 Å². The van der Waals surface area contributed by atoms with E-state index in [-0.39, 0.29) is 30.0 Å². The summed E-state index contributed by atoms with van der Waals surface area (Å²) in [6.45, 7) is 8.24. The number of aromatic nitrogens is 1. The number of nitrogens with zero attached hydrogens (tertiary/aromatic N) is 2. The number of aryl methyl sites for hydroxylation is 1. The fraction of sp³-hybridized carbons (Fsp3) is 0.200. The molecule has 1 aliphatic heterocycles. The Morgan fingerprint density at radius 3 is 2.54 bits per heavy atom. The van der Waals surface area contributed by atoms with Gasteiger partial charge < -0.3 is 26.3 Å². The van der Waals surface area contributed by atoms with Gasteiger partial charge in [0, 0.05) is 41.3 Å². The third-order valence-electron chi connectivity index (χ3n) is 6.39. The summed E-state index contributed by atoms with van der Waals surface area (Å²) in [6, 6.07) is 18.3. The number of piperidine rings is 1. The molecule has 0 spiro atoms. The summed E-state index contributed by atoms with van der Waals surface area (Å²) in [5.74, 6) is -1.12. The van der Waals surface area contributed by atoms with Gasteiger partial charge in [0.25, 0.3) is 11.8 Å². The van der Waals surface area contributed by atoms with Gasteiger partial charge in [-0.15, -0.1) is 0 Å². The van der Waals surface area contributed by atoms with E-state index in [1.807, 2.05) is 50.2 Å². The van der Waals surface area contributed by atoms with E-state index in [0.717, 1.165) is 11.1 Å². The number of nitrogens with two attached hydrogens (primary N) is 1. The second-order valence-corrected chi connectivity index (χ2v) is 9.48. The van der Waals surface area contributed by atoms with E-state index in [9.17, 15) is 14.4 Å². The second kappa shape index (κ2) is 12.1. The second-order valence-electron chi connectivity index (χ2n) is 9.48.